The summed E-state index contributed by atoms with van der Waals surface area (Å²) in [7, 11) is 0. The third-order valence-electron chi connectivity index (χ3n) is 3.33. The van der Waals surface area contributed by atoms with Crippen LogP contribution in [0.5, 0.6) is 0 Å². The molecule has 0 amide bonds. The Morgan fingerprint density at radius 1 is 1.29 bits per heavy atom. The third-order valence-corrected chi connectivity index (χ3v) is 3.33. The Labute approximate surface area is 101 Å². The van der Waals surface area contributed by atoms with Crippen molar-refractivity contribution in [3.05, 3.63) is 47.4 Å². The second-order valence-electron chi connectivity index (χ2n) is 4.77. The first-order chi connectivity index (χ1) is 8.25. The molecule has 0 radical (unpaired) electrons. The second kappa shape index (κ2) is 3.88. The maximum atomic E-state index is 5.40. The maximum Gasteiger partial charge on any atom is 0.226 e. The summed E-state index contributed by atoms with van der Waals surface area (Å²) >= 11 is 0. The number of oxazole rings is 1. The van der Waals surface area contributed by atoms with Crippen molar-refractivity contribution in [1.82, 2.24) is 4.98 Å². The molecule has 0 N–H and O–H groups in total. The summed E-state index contributed by atoms with van der Waals surface area (Å²) in [5.41, 5.74) is 5.24. The van der Waals surface area contributed by atoms with E-state index < -0.39 is 0 Å². The number of allylic oxidation sites excluding steroid dienone is 1. The van der Waals surface area contributed by atoms with Gasteiger partial charge in [0.05, 0.1) is 6.20 Å². The van der Waals surface area contributed by atoms with Gasteiger partial charge in [-0.15, -0.1) is 0 Å². The molecule has 17 heavy (non-hydrogen) atoms. The zero-order valence-corrected chi connectivity index (χ0v) is 10.1. The van der Waals surface area contributed by atoms with E-state index in [0.29, 0.717) is 11.8 Å². The monoisotopic (exact) mass is 225 g/mol. The molecule has 3 rings (SSSR count). The third kappa shape index (κ3) is 1.70. The fourth-order valence-electron chi connectivity index (χ4n) is 2.31. The Bertz CT molecular complexity index is 565. The van der Waals surface area contributed by atoms with Crippen molar-refractivity contribution in [2.24, 2.45) is 5.92 Å². The van der Waals surface area contributed by atoms with Crippen molar-refractivity contribution in [1.29, 1.82) is 0 Å². The van der Waals surface area contributed by atoms with Crippen LogP contribution in [0.15, 0.2) is 40.6 Å². The van der Waals surface area contributed by atoms with Crippen molar-refractivity contribution in [3.8, 4) is 11.5 Å². The summed E-state index contributed by atoms with van der Waals surface area (Å²) in [6, 6.07) is 6.34. The van der Waals surface area contributed by atoms with Crippen LogP contribution in [0.4, 0.5) is 0 Å². The average molecular weight is 225 g/mol. The van der Waals surface area contributed by atoms with Crippen LogP contribution in [-0.2, 0) is 6.42 Å². The zero-order valence-electron chi connectivity index (χ0n) is 10.1. The smallest absolute Gasteiger partial charge is 0.226 e. The van der Waals surface area contributed by atoms with E-state index in [0.717, 1.165) is 12.0 Å². The van der Waals surface area contributed by atoms with Crippen molar-refractivity contribution in [2.45, 2.75) is 20.3 Å². The normalized spacial score (nSPS) is 13.9. The van der Waals surface area contributed by atoms with Crippen LogP contribution >= 0.6 is 0 Å². The largest absolute Gasteiger partial charge is 0.445 e. The molecule has 2 nitrogen and oxygen atoms in total. The fourth-order valence-corrected chi connectivity index (χ4v) is 2.31. The summed E-state index contributed by atoms with van der Waals surface area (Å²) in [4.78, 5) is 4.24. The molecular formula is C15H15NO. The molecule has 1 aliphatic carbocycles. The highest BCUT2D eigenvalue weighted by atomic mass is 16.3. The first kappa shape index (κ1) is 10.3. The number of rotatable bonds is 2. The molecule has 0 fully saturated rings. The molecule has 0 saturated carbocycles. The van der Waals surface area contributed by atoms with Gasteiger partial charge in [-0.2, -0.15) is 0 Å². The number of benzene rings is 1. The number of aromatic nitrogens is 1. The number of hydrogen-bond donors (Lipinski definition) is 0. The van der Waals surface area contributed by atoms with Crippen LogP contribution in [0.2, 0.25) is 0 Å². The predicted octanol–water partition coefficient (Wildman–Crippen LogP) is 3.94. The Morgan fingerprint density at radius 3 is 2.88 bits per heavy atom. The minimum absolute atomic E-state index is 0.597. The van der Waals surface area contributed by atoms with Gasteiger partial charge >= 0.3 is 0 Å². The van der Waals surface area contributed by atoms with E-state index in [1.807, 2.05) is 0 Å². The van der Waals surface area contributed by atoms with Gasteiger partial charge in [0.2, 0.25) is 5.89 Å². The molecular weight excluding hydrogens is 210 g/mol. The lowest BCUT2D eigenvalue weighted by molar-refractivity contribution is 0.574. The Hall–Kier alpha value is -1.83. The van der Waals surface area contributed by atoms with E-state index in [2.05, 4.69) is 43.1 Å². The van der Waals surface area contributed by atoms with Crippen LogP contribution in [0.25, 0.3) is 17.5 Å². The number of nitrogens with zero attached hydrogens (tertiary/aromatic N) is 1. The lowest BCUT2D eigenvalue weighted by atomic mass is 10.0. The molecule has 0 bridgehead atoms. The van der Waals surface area contributed by atoms with Crippen LogP contribution in [0.3, 0.4) is 0 Å². The van der Waals surface area contributed by atoms with Gasteiger partial charge in [0.25, 0.3) is 0 Å². The van der Waals surface area contributed by atoms with Crippen LogP contribution in [0, 0.1) is 5.92 Å². The van der Waals surface area contributed by atoms with Gasteiger partial charge in [0.15, 0.2) is 0 Å². The van der Waals surface area contributed by atoms with Crippen LogP contribution in [0.1, 0.15) is 25.0 Å². The standard InChI is InChI=1S/C15H15NO/c1-10(2)12-8-11-4-3-5-13(14(11)9-12)15-16-6-7-17-15/h3-7,9-10H,8H2,1-2H3. The van der Waals surface area contributed by atoms with E-state index in [9.17, 15) is 0 Å². The Balaban J connectivity index is 2.12. The van der Waals surface area contributed by atoms with E-state index >= 15 is 0 Å². The van der Waals surface area contributed by atoms with E-state index in [1.165, 1.54) is 16.7 Å². The molecule has 0 aliphatic heterocycles. The van der Waals surface area contributed by atoms with Gasteiger partial charge in [0, 0.05) is 5.56 Å². The van der Waals surface area contributed by atoms with E-state index in [1.54, 1.807) is 12.5 Å². The quantitative estimate of drug-likeness (QED) is 0.773. The summed E-state index contributed by atoms with van der Waals surface area (Å²) in [6.45, 7) is 4.48. The van der Waals surface area contributed by atoms with Gasteiger partial charge in [-0.1, -0.05) is 37.6 Å². The number of hydrogen-bond acceptors (Lipinski definition) is 2. The fraction of sp³-hybridized carbons (Fsp3) is 0.267. The summed E-state index contributed by atoms with van der Waals surface area (Å²) in [6.07, 6.45) is 6.66. The van der Waals surface area contributed by atoms with Gasteiger partial charge < -0.3 is 4.42 Å². The molecule has 0 atom stereocenters. The minimum Gasteiger partial charge on any atom is -0.445 e. The van der Waals surface area contributed by atoms with Crippen LogP contribution in [-0.4, -0.2) is 4.98 Å². The zero-order chi connectivity index (χ0) is 11.8. The highest BCUT2D eigenvalue weighted by Gasteiger charge is 2.19. The second-order valence-corrected chi connectivity index (χ2v) is 4.77. The summed E-state index contributed by atoms with van der Waals surface area (Å²) in [5.74, 6) is 1.31. The van der Waals surface area contributed by atoms with Crippen molar-refractivity contribution in [3.63, 3.8) is 0 Å². The number of fused-ring (bicyclic) bond motifs is 1. The summed E-state index contributed by atoms with van der Waals surface area (Å²) < 4.78 is 5.40. The topological polar surface area (TPSA) is 26.0 Å². The predicted molar refractivity (Wildman–Crippen MR) is 68.5 cm³/mol. The molecule has 1 heterocycles. The highest BCUT2D eigenvalue weighted by molar-refractivity contribution is 5.77. The van der Waals surface area contributed by atoms with E-state index in [4.69, 9.17) is 4.42 Å². The molecule has 0 unspecified atom stereocenters. The molecule has 0 spiro atoms. The minimum atomic E-state index is 0.597. The first-order valence-corrected chi connectivity index (χ1v) is 5.98. The van der Waals surface area contributed by atoms with Gasteiger partial charge in [-0.05, 0) is 29.5 Å². The van der Waals surface area contributed by atoms with Gasteiger partial charge in [0.1, 0.15) is 6.26 Å². The van der Waals surface area contributed by atoms with Crippen molar-refractivity contribution < 1.29 is 4.42 Å². The van der Waals surface area contributed by atoms with Gasteiger partial charge in [-0.3, -0.25) is 0 Å². The highest BCUT2D eigenvalue weighted by Crippen LogP contribution is 2.35. The molecule has 86 valence electrons. The first-order valence-electron chi connectivity index (χ1n) is 5.98. The van der Waals surface area contributed by atoms with Crippen LogP contribution < -0.4 is 0 Å². The molecule has 2 heteroatoms. The Morgan fingerprint density at radius 2 is 2.18 bits per heavy atom. The van der Waals surface area contributed by atoms with E-state index in [-0.39, 0.29) is 0 Å². The van der Waals surface area contributed by atoms with Crippen molar-refractivity contribution in [2.75, 3.05) is 0 Å². The lowest BCUT2D eigenvalue weighted by Gasteiger charge is -2.04. The molecule has 1 aromatic carbocycles. The molecule has 0 saturated heterocycles. The maximum absolute atomic E-state index is 5.40. The van der Waals surface area contributed by atoms with Crippen molar-refractivity contribution >= 4 is 6.08 Å². The average Bonchev–Trinajstić information content (AvgIpc) is 2.97. The molecule has 2 aromatic rings. The molecule has 1 aliphatic rings. The summed E-state index contributed by atoms with van der Waals surface area (Å²) in [5, 5.41) is 0. The SMILES string of the molecule is CC(C)C1=Cc2c(cccc2-c2ncco2)C1. The Kier molecular flexibility index (Phi) is 2.36. The van der Waals surface area contributed by atoms with Gasteiger partial charge in [-0.25, -0.2) is 4.98 Å². The lowest BCUT2D eigenvalue weighted by Crippen LogP contribution is -1.92. The molecule has 1 aromatic heterocycles.